The van der Waals surface area contributed by atoms with Gasteiger partial charge in [-0.15, -0.1) is 0 Å². The number of imidazole rings is 1. The fraction of sp³-hybridized carbons (Fsp3) is 0.0952. The van der Waals surface area contributed by atoms with Crippen molar-refractivity contribution in [2.75, 3.05) is 6.61 Å². The summed E-state index contributed by atoms with van der Waals surface area (Å²) in [7, 11) is 0. The Morgan fingerprint density at radius 3 is 2.42 bits per heavy atom. The summed E-state index contributed by atoms with van der Waals surface area (Å²) in [5.41, 5.74) is 3.16. The van der Waals surface area contributed by atoms with Crippen LogP contribution in [0.3, 0.4) is 0 Å². The molecule has 130 valence electrons. The van der Waals surface area contributed by atoms with Crippen LogP contribution in [-0.4, -0.2) is 16.2 Å². The normalized spacial score (nSPS) is 11.0. The van der Waals surface area contributed by atoms with Crippen LogP contribution in [-0.2, 0) is 6.54 Å². The maximum absolute atomic E-state index is 5.92. The Kier molecular flexibility index (Phi) is 4.96. The van der Waals surface area contributed by atoms with Gasteiger partial charge in [0, 0.05) is 15.1 Å². The topological polar surface area (TPSA) is 27.1 Å². The third-order valence-corrected chi connectivity index (χ3v) is 4.93. The molecule has 5 heteroatoms. The standard InChI is InChI=1S/C21H16BrClN2O/c22-16-7-5-15(6-8-16)21-24-19-3-1-2-4-20(19)25(21)13-14-26-18-11-9-17(23)10-12-18/h1-12H,13-14H2. The molecule has 0 N–H and O–H groups in total. The Morgan fingerprint density at radius 2 is 1.65 bits per heavy atom. The van der Waals surface area contributed by atoms with Crippen molar-refractivity contribution >= 4 is 38.6 Å². The van der Waals surface area contributed by atoms with Gasteiger partial charge in [0.05, 0.1) is 17.6 Å². The molecule has 0 atom stereocenters. The zero-order valence-electron chi connectivity index (χ0n) is 13.9. The summed E-state index contributed by atoms with van der Waals surface area (Å²) in [6, 6.07) is 23.8. The van der Waals surface area contributed by atoms with E-state index in [1.807, 2.05) is 54.6 Å². The predicted octanol–water partition coefficient (Wildman–Crippen LogP) is 6.20. The van der Waals surface area contributed by atoms with Crippen molar-refractivity contribution in [3.05, 3.63) is 82.3 Å². The zero-order chi connectivity index (χ0) is 17.9. The number of nitrogens with zero attached hydrogens (tertiary/aromatic N) is 2. The lowest BCUT2D eigenvalue weighted by atomic mass is 10.2. The van der Waals surface area contributed by atoms with Crippen LogP contribution in [0.25, 0.3) is 22.4 Å². The van der Waals surface area contributed by atoms with E-state index < -0.39 is 0 Å². The largest absolute Gasteiger partial charge is 0.492 e. The number of halogens is 2. The highest BCUT2D eigenvalue weighted by Crippen LogP contribution is 2.26. The molecule has 0 spiro atoms. The number of hydrogen-bond donors (Lipinski definition) is 0. The quantitative estimate of drug-likeness (QED) is 0.379. The van der Waals surface area contributed by atoms with Crippen LogP contribution < -0.4 is 4.74 Å². The third kappa shape index (κ3) is 3.62. The van der Waals surface area contributed by atoms with Crippen LogP contribution in [0.2, 0.25) is 5.02 Å². The molecule has 0 bridgehead atoms. The van der Waals surface area contributed by atoms with E-state index in [2.05, 4.69) is 38.7 Å². The first-order chi connectivity index (χ1) is 12.7. The van der Waals surface area contributed by atoms with Crippen molar-refractivity contribution in [2.45, 2.75) is 6.54 Å². The van der Waals surface area contributed by atoms with E-state index in [1.165, 1.54) is 0 Å². The summed E-state index contributed by atoms with van der Waals surface area (Å²) in [5, 5.41) is 0.704. The summed E-state index contributed by atoms with van der Waals surface area (Å²) < 4.78 is 9.13. The van der Waals surface area contributed by atoms with Crippen LogP contribution in [0.1, 0.15) is 0 Å². The molecule has 3 nitrogen and oxygen atoms in total. The first kappa shape index (κ1) is 17.1. The average molecular weight is 428 g/mol. The van der Waals surface area contributed by atoms with E-state index in [4.69, 9.17) is 21.3 Å². The van der Waals surface area contributed by atoms with E-state index in [0.717, 1.165) is 32.6 Å². The van der Waals surface area contributed by atoms with Crippen molar-refractivity contribution in [3.8, 4) is 17.1 Å². The van der Waals surface area contributed by atoms with Gasteiger partial charge in [-0.2, -0.15) is 0 Å². The molecule has 1 heterocycles. The first-order valence-electron chi connectivity index (χ1n) is 8.30. The molecule has 4 rings (SSSR count). The lowest BCUT2D eigenvalue weighted by Crippen LogP contribution is -2.09. The number of aromatic nitrogens is 2. The number of para-hydroxylation sites is 2. The van der Waals surface area contributed by atoms with Crippen molar-refractivity contribution < 1.29 is 4.74 Å². The molecular formula is C21H16BrClN2O. The molecule has 0 unspecified atom stereocenters. The summed E-state index contributed by atoms with van der Waals surface area (Å²) in [4.78, 5) is 4.82. The van der Waals surface area contributed by atoms with Crippen LogP contribution >= 0.6 is 27.5 Å². The van der Waals surface area contributed by atoms with Gasteiger partial charge in [-0.1, -0.05) is 51.8 Å². The lowest BCUT2D eigenvalue weighted by Gasteiger charge is -2.11. The average Bonchev–Trinajstić information content (AvgIpc) is 3.03. The molecule has 0 amide bonds. The van der Waals surface area contributed by atoms with Crippen molar-refractivity contribution in [1.29, 1.82) is 0 Å². The Bertz CT molecular complexity index is 1030. The van der Waals surface area contributed by atoms with Gasteiger partial charge in [0.15, 0.2) is 0 Å². The lowest BCUT2D eigenvalue weighted by molar-refractivity contribution is 0.301. The third-order valence-electron chi connectivity index (χ3n) is 4.15. The van der Waals surface area contributed by atoms with Crippen molar-refractivity contribution in [1.82, 2.24) is 9.55 Å². The fourth-order valence-electron chi connectivity index (χ4n) is 2.91. The smallest absolute Gasteiger partial charge is 0.141 e. The molecular weight excluding hydrogens is 412 g/mol. The van der Waals surface area contributed by atoms with E-state index in [9.17, 15) is 0 Å². The minimum absolute atomic E-state index is 0.547. The number of fused-ring (bicyclic) bond motifs is 1. The molecule has 1 aromatic heterocycles. The molecule has 26 heavy (non-hydrogen) atoms. The Morgan fingerprint density at radius 1 is 0.923 bits per heavy atom. The summed E-state index contributed by atoms with van der Waals surface area (Å²) >= 11 is 9.41. The van der Waals surface area contributed by atoms with Crippen LogP contribution in [0.15, 0.2) is 77.3 Å². The van der Waals surface area contributed by atoms with Gasteiger partial charge in [0.2, 0.25) is 0 Å². The molecule has 0 saturated carbocycles. The molecule has 4 aromatic rings. The predicted molar refractivity (Wildman–Crippen MR) is 110 cm³/mol. The number of ether oxygens (including phenoxy) is 1. The van der Waals surface area contributed by atoms with Crippen LogP contribution in [0, 0.1) is 0 Å². The maximum atomic E-state index is 5.92. The van der Waals surface area contributed by atoms with Crippen molar-refractivity contribution in [2.24, 2.45) is 0 Å². The summed E-state index contributed by atoms with van der Waals surface area (Å²) in [5.74, 6) is 1.75. The molecule has 0 aliphatic rings. The minimum atomic E-state index is 0.547. The Hall–Kier alpha value is -2.30. The highest BCUT2D eigenvalue weighted by atomic mass is 79.9. The Balaban J connectivity index is 1.63. The van der Waals surface area contributed by atoms with E-state index in [1.54, 1.807) is 0 Å². The van der Waals surface area contributed by atoms with Gasteiger partial charge in [0.1, 0.15) is 18.2 Å². The maximum Gasteiger partial charge on any atom is 0.141 e. The van der Waals surface area contributed by atoms with Gasteiger partial charge in [0.25, 0.3) is 0 Å². The molecule has 0 aliphatic carbocycles. The summed E-state index contributed by atoms with van der Waals surface area (Å²) in [6.45, 7) is 1.25. The number of rotatable bonds is 5. The number of benzene rings is 3. The van der Waals surface area contributed by atoms with E-state index >= 15 is 0 Å². The molecule has 0 fully saturated rings. The van der Waals surface area contributed by atoms with Gasteiger partial charge >= 0.3 is 0 Å². The van der Waals surface area contributed by atoms with Crippen LogP contribution in [0.4, 0.5) is 0 Å². The first-order valence-corrected chi connectivity index (χ1v) is 9.47. The van der Waals surface area contributed by atoms with Crippen molar-refractivity contribution in [3.63, 3.8) is 0 Å². The SMILES string of the molecule is Clc1ccc(OCCn2c(-c3ccc(Br)cc3)nc3ccccc32)cc1. The van der Waals surface area contributed by atoms with Crippen LogP contribution in [0.5, 0.6) is 5.75 Å². The van der Waals surface area contributed by atoms with Gasteiger partial charge in [-0.05, 0) is 48.5 Å². The molecule has 0 saturated heterocycles. The Labute approximate surface area is 165 Å². The van der Waals surface area contributed by atoms with Gasteiger partial charge in [-0.3, -0.25) is 0 Å². The monoisotopic (exact) mass is 426 g/mol. The second kappa shape index (κ2) is 7.52. The molecule has 0 radical (unpaired) electrons. The molecule has 3 aromatic carbocycles. The fourth-order valence-corrected chi connectivity index (χ4v) is 3.30. The highest BCUT2D eigenvalue weighted by Gasteiger charge is 2.12. The minimum Gasteiger partial charge on any atom is -0.492 e. The second-order valence-corrected chi connectivity index (χ2v) is 7.24. The van der Waals surface area contributed by atoms with E-state index in [0.29, 0.717) is 18.2 Å². The second-order valence-electron chi connectivity index (χ2n) is 5.89. The highest BCUT2D eigenvalue weighted by molar-refractivity contribution is 9.10. The molecule has 0 aliphatic heterocycles. The van der Waals surface area contributed by atoms with Gasteiger partial charge in [-0.25, -0.2) is 4.98 Å². The van der Waals surface area contributed by atoms with Gasteiger partial charge < -0.3 is 9.30 Å². The van der Waals surface area contributed by atoms with E-state index in [-0.39, 0.29) is 0 Å². The zero-order valence-corrected chi connectivity index (χ0v) is 16.2. The summed E-state index contributed by atoms with van der Waals surface area (Å²) in [6.07, 6.45) is 0. The number of hydrogen-bond acceptors (Lipinski definition) is 2.